The van der Waals surface area contributed by atoms with E-state index in [0.717, 1.165) is 12.8 Å². The van der Waals surface area contributed by atoms with E-state index in [9.17, 15) is 24.0 Å². The number of nitrogens with one attached hydrogen (secondary N) is 2. The third-order valence-corrected chi connectivity index (χ3v) is 6.67. The quantitative estimate of drug-likeness (QED) is 0.116. The molecule has 2 N–H and O–H groups in total. The monoisotopic (exact) mass is 611 g/mol. The number of pyridine rings is 1. The Balaban J connectivity index is 1.59. The molecule has 2 heterocycles. The first kappa shape index (κ1) is 32.3. The van der Waals surface area contributed by atoms with Crippen LogP contribution in [0.1, 0.15) is 49.0 Å². The minimum atomic E-state index is -0.622. The zero-order chi connectivity index (χ0) is 32.2. The average Bonchev–Trinajstić information content (AvgIpc) is 3.04. The molecule has 2 aromatic heterocycles. The summed E-state index contributed by atoms with van der Waals surface area (Å²) < 4.78 is 12.7. The lowest BCUT2D eigenvalue weighted by Gasteiger charge is -2.21. The Morgan fingerprint density at radius 1 is 1.00 bits per heavy atom. The molecule has 0 aliphatic rings. The highest BCUT2D eigenvalue weighted by Crippen LogP contribution is 2.30. The average molecular weight is 612 g/mol. The predicted molar refractivity (Wildman–Crippen MR) is 166 cm³/mol. The number of benzene rings is 2. The molecular weight excluding hydrogens is 578 g/mol. The van der Waals surface area contributed by atoms with Gasteiger partial charge in [-0.15, -0.1) is 0 Å². The lowest BCUT2D eigenvalue weighted by Crippen LogP contribution is -2.39. The number of ether oxygens (including phenoxy) is 2. The van der Waals surface area contributed by atoms with E-state index in [1.165, 1.54) is 30.0 Å². The van der Waals surface area contributed by atoms with Gasteiger partial charge in [0, 0.05) is 30.3 Å². The molecule has 4 aromatic rings. The summed E-state index contributed by atoms with van der Waals surface area (Å²) in [6, 6.07) is 18.7. The number of ketones is 1. The molecular formula is C33H33N5O7. The Kier molecular flexibility index (Phi) is 11.3. The van der Waals surface area contributed by atoms with E-state index in [4.69, 9.17) is 9.47 Å². The fourth-order valence-corrected chi connectivity index (χ4v) is 4.54. The number of carbonyl (C=O) groups excluding carboxylic acids is 4. The molecule has 0 saturated carbocycles. The van der Waals surface area contributed by atoms with E-state index in [0.29, 0.717) is 24.0 Å². The number of esters is 1. The van der Waals surface area contributed by atoms with Crippen molar-refractivity contribution in [2.24, 2.45) is 0 Å². The van der Waals surface area contributed by atoms with Crippen molar-refractivity contribution >= 4 is 29.8 Å². The van der Waals surface area contributed by atoms with E-state index in [1.807, 2.05) is 13.0 Å². The van der Waals surface area contributed by atoms with E-state index >= 15 is 0 Å². The lowest BCUT2D eigenvalue weighted by atomic mass is 10.0. The predicted octanol–water partition coefficient (Wildman–Crippen LogP) is 3.78. The van der Waals surface area contributed by atoms with Crippen LogP contribution < -0.4 is 25.7 Å². The van der Waals surface area contributed by atoms with Crippen LogP contribution in [-0.4, -0.2) is 51.3 Å². The van der Waals surface area contributed by atoms with Crippen molar-refractivity contribution in [2.45, 2.75) is 45.8 Å². The molecule has 2 amide bonds. The van der Waals surface area contributed by atoms with E-state index in [2.05, 4.69) is 20.6 Å². The van der Waals surface area contributed by atoms with Crippen LogP contribution in [0, 0.1) is 0 Å². The molecule has 0 spiro atoms. The Morgan fingerprint density at radius 3 is 2.38 bits per heavy atom. The van der Waals surface area contributed by atoms with Crippen LogP contribution in [-0.2, 0) is 20.9 Å². The van der Waals surface area contributed by atoms with Gasteiger partial charge in [0.15, 0.2) is 0 Å². The topological polar surface area (TPSA) is 159 Å². The van der Waals surface area contributed by atoms with Crippen molar-refractivity contribution in [3.05, 3.63) is 101 Å². The second kappa shape index (κ2) is 15.7. The molecule has 12 heteroatoms. The number of amides is 2. The van der Waals surface area contributed by atoms with Crippen molar-refractivity contribution in [3.8, 4) is 23.0 Å². The van der Waals surface area contributed by atoms with Crippen LogP contribution in [0.5, 0.6) is 11.6 Å². The molecule has 232 valence electrons. The highest BCUT2D eigenvalue weighted by Gasteiger charge is 2.25. The molecule has 45 heavy (non-hydrogen) atoms. The molecule has 1 unspecified atom stereocenters. The van der Waals surface area contributed by atoms with E-state index < -0.39 is 29.3 Å². The summed E-state index contributed by atoms with van der Waals surface area (Å²) in [5.74, 6) is -1.36. The first-order chi connectivity index (χ1) is 21.8. The summed E-state index contributed by atoms with van der Waals surface area (Å²) in [6.45, 7) is 2.87. The molecule has 1 atom stereocenters. The van der Waals surface area contributed by atoms with Gasteiger partial charge in [0.05, 0.1) is 12.7 Å². The summed E-state index contributed by atoms with van der Waals surface area (Å²) in [7, 11) is 0. The van der Waals surface area contributed by atoms with Gasteiger partial charge in [0.25, 0.3) is 5.56 Å². The normalized spacial score (nSPS) is 11.2. The highest BCUT2D eigenvalue weighted by atomic mass is 16.5. The number of hydrogen-bond acceptors (Lipinski definition) is 9. The molecule has 0 saturated heterocycles. The van der Waals surface area contributed by atoms with Gasteiger partial charge in [0.2, 0.25) is 24.0 Å². The van der Waals surface area contributed by atoms with Gasteiger partial charge in [0.1, 0.15) is 35.5 Å². The third-order valence-electron chi connectivity index (χ3n) is 6.67. The molecule has 0 radical (unpaired) electrons. The summed E-state index contributed by atoms with van der Waals surface area (Å²) in [6.07, 6.45) is 4.44. The standard InChI is InChI=1S/C33H33N5O7/c1-3-4-15-25(45-32-29(27(16-17-34-32)44-22(2)40)30(42)23-11-7-5-8-12-23)18-35-28(41)20-38-31(24-13-9-6-10-14-24)36-19-26(33(38)43)37-21-39/h5-14,16-17,19,21,25H,3-4,15,18,20H2,1-2H3,(H,35,41)(H,37,39). The van der Waals surface area contributed by atoms with Crippen LogP contribution >= 0.6 is 0 Å². The highest BCUT2D eigenvalue weighted by molar-refractivity contribution is 6.12. The van der Waals surface area contributed by atoms with Crippen LogP contribution in [0.25, 0.3) is 11.4 Å². The maximum absolute atomic E-state index is 13.5. The Hall–Kier alpha value is -5.65. The van der Waals surface area contributed by atoms with Gasteiger partial charge in [-0.05, 0) is 12.8 Å². The van der Waals surface area contributed by atoms with Crippen molar-refractivity contribution < 1.29 is 28.7 Å². The van der Waals surface area contributed by atoms with E-state index in [-0.39, 0.29) is 41.8 Å². The maximum Gasteiger partial charge on any atom is 0.308 e. The van der Waals surface area contributed by atoms with Crippen LogP contribution in [0.2, 0.25) is 0 Å². The number of aromatic nitrogens is 3. The first-order valence-electron chi connectivity index (χ1n) is 14.4. The Bertz CT molecular complexity index is 1710. The Morgan fingerprint density at radius 2 is 1.71 bits per heavy atom. The molecule has 0 aliphatic heterocycles. The largest absolute Gasteiger partial charge is 0.472 e. The number of anilines is 1. The van der Waals surface area contributed by atoms with E-state index in [1.54, 1.807) is 54.6 Å². The minimum Gasteiger partial charge on any atom is -0.472 e. The molecule has 0 bridgehead atoms. The van der Waals surface area contributed by atoms with Crippen molar-refractivity contribution in [1.82, 2.24) is 19.9 Å². The lowest BCUT2D eigenvalue weighted by molar-refractivity contribution is -0.132. The summed E-state index contributed by atoms with van der Waals surface area (Å²) in [4.78, 5) is 71.4. The van der Waals surface area contributed by atoms with Gasteiger partial charge in [-0.3, -0.25) is 28.5 Å². The Labute approximate surface area is 259 Å². The smallest absolute Gasteiger partial charge is 0.308 e. The number of nitrogens with zero attached hydrogens (tertiary/aromatic N) is 3. The molecule has 0 fully saturated rings. The van der Waals surface area contributed by atoms with Crippen molar-refractivity contribution in [1.29, 1.82) is 0 Å². The summed E-state index contributed by atoms with van der Waals surface area (Å²) >= 11 is 0. The van der Waals surface area contributed by atoms with Crippen molar-refractivity contribution in [3.63, 3.8) is 0 Å². The number of unbranched alkanes of at least 4 members (excludes halogenated alkanes) is 1. The fraction of sp³-hybridized carbons (Fsp3) is 0.242. The molecule has 4 rings (SSSR count). The molecule has 12 nitrogen and oxygen atoms in total. The fourth-order valence-electron chi connectivity index (χ4n) is 4.54. The SMILES string of the molecule is CCCCC(CNC(=O)Cn1c(-c2ccccc2)ncc(NC=O)c1=O)Oc1nccc(OC(C)=O)c1C(=O)c1ccccc1. The van der Waals surface area contributed by atoms with Crippen LogP contribution in [0.4, 0.5) is 5.69 Å². The molecule has 2 aromatic carbocycles. The van der Waals surface area contributed by atoms with Crippen molar-refractivity contribution in [2.75, 3.05) is 11.9 Å². The summed E-state index contributed by atoms with van der Waals surface area (Å²) in [5, 5.41) is 5.12. The zero-order valence-electron chi connectivity index (χ0n) is 24.9. The van der Waals surface area contributed by atoms with Gasteiger partial charge in [-0.2, -0.15) is 0 Å². The first-order valence-corrected chi connectivity index (χ1v) is 14.4. The number of hydrogen-bond donors (Lipinski definition) is 2. The minimum absolute atomic E-state index is 0.00348. The second-order valence-electron chi connectivity index (χ2n) is 9.98. The third kappa shape index (κ3) is 8.47. The second-order valence-corrected chi connectivity index (χ2v) is 9.98. The molecule has 0 aliphatic carbocycles. The zero-order valence-corrected chi connectivity index (χ0v) is 24.9. The van der Waals surface area contributed by atoms with Gasteiger partial charge in [-0.1, -0.05) is 74.0 Å². The number of carbonyl (C=O) groups is 4. The van der Waals surface area contributed by atoms with Gasteiger partial charge < -0.3 is 20.1 Å². The van der Waals surface area contributed by atoms with Crippen LogP contribution in [0.3, 0.4) is 0 Å². The maximum atomic E-state index is 13.5. The van der Waals surface area contributed by atoms with Gasteiger partial charge in [-0.25, -0.2) is 9.97 Å². The summed E-state index contributed by atoms with van der Waals surface area (Å²) in [5.41, 5.74) is 0.271. The number of rotatable bonds is 15. The van der Waals surface area contributed by atoms with Crippen LogP contribution in [0.15, 0.2) is 83.9 Å². The van der Waals surface area contributed by atoms with Gasteiger partial charge >= 0.3 is 5.97 Å².